The van der Waals surface area contributed by atoms with E-state index in [4.69, 9.17) is 11.6 Å². The Bertz CT molecular complexity index is 579. The van der Waals surface area contributed by atoms with Crippen LogP contribution in [-0.2, 0) is 6.54 Å². The minimum atomic E-state index is 0.456. The maximum Gasteiger partial charge on any atom is 0.171 e. The van der Waals surface area contributed by atoms with Crippen molar-refractivity contribution < 1.29 is 0 Å². The lowest BCUT2D eigenvalue weighted by Gasteiger charge is -2.20. The van der Waals surface area contributed by atoms with Crippen molar-refractivity contribution in [1.82, 2.24) is 9.97 Å². The number of nitrogens with zero attached hydrogens (tertiary/aromatic N) is 3. The van der Waals surface area contributed by atoms with E-state index < -0.39 is 0 Å². The summed E-state index contributed by atoms with van der Waals surface area (Å²) in [6.07, 6.45) is 0. The van der Waals surface area contributed by atoms with Gasteiger partial charge in [-0.2, -0.15) is 0 Å². The lowest BCUT2D eigenvalue weighted by Crippen LogP contribution is -2.19. The Morgan fingerprint density at radius 2 is 1.58 bits per heavy atom. The van der Waals surface area contributed by atoms with Gasteiger partial charge >= 0.3 is 0 Å². The second-order valence-electron chi connectivity index (χ2n) is 4.85. The molecule has 0 saturated carbocycles. The molecule has 2 rings (SSSR count). The topological polar surface area (TPSA) is 29.0 Å². The maximum atomic E-state index is 6.17. The van der Waals surface area contributed by atoms with Crippen molar-refractivity contribution in [1.29, 1.82) is 0 Å². The molecule has 0 unspecified atom stereocenters. The number of aryl methyl sites for hydroxylation is 3. The van der Waals surface area contributed by atoms with E-state index in [0.29, 0.717) is 5.15 Å². The average molecular weight is 276 g/mol. The van der Waals surface area contributed by atoms with Crippen molar-refractivity contribution in [3.8, 4) is 0 Å². The quantitative estimate of drug-likeness (QED) is 0.855. The molecular weight excluding hydrogens is 258 g/mol. The first kappa shape index (κ1) is 13.8. The Hall–Kier alpha value is -1.61. The van der Waals surface area contributed by atoms with E-state index in [9.17, 15) is 0 Å². The molecule has 0 aliphatic carbocycles. The van der Waals surface area contributed by atoms with E-state index in [2.05, 4.69) is 41.2 Å². The smallest absolute Gasteiger partial charge is 0.171 e. The predicted molar refractivity (Wildman–Crippen MR) is 79.8 cm³/mol. The van der Waals surface area contributed by atoms with Crippen molar-refractivity contribution >= 4 is 17.4 Å². The van der Waals surface area contributed by atoms with Crippen LogP contribution in [-0.4, -0.2) is 17.0 Å². The summed E-state index contributed by atoms with van der Waals surface area (Å²) in [5.74, 6) is 0.727. The predicted octanol–water partition coefficient (Wildman–Crippen LogP) is 3.69. The minimum Gasteiger partial charge on any atom is -0.353 e. The van der Waals surface area contributed by atoms with Gasteiger partial charge < -0.3 is 4.90 Å². The zero-order chi connectivity index (χ0) is 14.0. The van der Waals surface area contributed by atoms with E-state index in [-0.39, 0.29) is 0 Å². The van der Waals surface area contributed by atoms with E-state index in [0.717, 1.165) is 23.8 Å². The van der Waals surface area contributed by atoms with Gasteiger partial charge in [0, 0.05) is 13.6 Å². The Balaban J connectivity index is 2.22. The number of anilines is 1. The summed E-state index contributed by atoms with van der Waals surface area (Å²) < 4.78 is 0. The first-order valence-corrected chi connectivity index (χ1v) is 6.62. The van der Waals surface area contributed by atoms with Gasteiger partial charge in [0.15, 0.2) is 11.0 Å². The van der Waals surface area contributed by atoms with Gasteiger partial charge in [0.2, 0.25) is 0 Å². The third-order valence-corrected chi connectivity index (χ3v) is 3.40. The molecule has 1 heterocycles. The highest BCUT2D eigenvalue weighted by molar-refractivity contribution is 6.31. The highest BCUT2D eigenvalue weighted by atomic mass is 35.5. The number of rotatable bonds is 3. The fourth-order valence-corrected chi connectivity index (χ4v) is 2.16. The van der Waals surface area contributed by atoms with Crippen molar-refractivity contribution in [2.24, 2.45) is 0 Å². The van der Waals surface area contributed by atoms with Crippen molar-refractivity contribution in [3.05, 3.63) is 51.9 Å². The molecule has 100 valence electrons. The molecule has 0 radical (unpaired) electrons. The molecule has 0 bridgehead atoms. The summed E-state index contributed by atoms with van der Waals surface area (Å²) >= 11 is 6.17. The largest absolute Gasteiger partial charge is 0.353 e. The number of halogens is 1. The molecule has 0 N–H and O–H groups in total. The van der Waals surface area contributed by atoms with Crippen LogP contribution in [0, 0.1) is 20.8 Å². The number of aromatic nitrogens is 2. The Kier molecular flexibility index (Phi) is 4.05. The molecule has 0 amide bonds. The normalized spacial score (nSPS) is 10.6. The maximum absolute atomic E-state index is 6.17. The van der Waals surface area contributed by atoms with Gasteiger partial charge in [-0.15, -0.1) is 0 Å². The highest BCUT2D eigenvalue weighted by Gasteiger charge is 2.11. The summed E-state index contributed by atoms with van der Waals surface area (Å²) in [4.78, 5) is 10.8. The number of benzene rings is 1. The van der Waals surface area contributed by atoms with Crippen LogP contribution < -0.4 is 4.90 Å². The lowest BCUT2D eigenvalue weighted by molar-refractivity contribution is 0.875. The van der Waals surface area contributed by atoms with E-state index in [1.54, 1.807) is 0 Å². The standard InChI is InChI=1S/C15H18ClN3/c1-10-5-7-13(8-6-10)9-19(4)15-14(16)17-11(2)12(3)18-15/h5-8H,9H2,1-4H3. The summed E-state index contributed by atoms with van der Waals surface area (Å²) in [6.45, 7) is 6.70. The second-order valence-corrected chi connectivity index (χ2v) is 5.21. The first-order valence-electron chi connectivity index (χ1n) is 6.25. The van der Waals surface area contributed by atoms with Crippen LogP contribution in [0.5, 0.6) is 0 Å². The fourth-order valence-electron chi connectivity index (χ4n) is 1.85. The summed E-state index contributed by atoms with van der Waals surface area (Å²) in [6, 6.07) is 8.45. The van der Waals surface area contributed by atoms with E-state index in [1.165, 1.54) is 11.1 Å². The molecule has 2 aromatic rings. The van der Waals surface area contributed by atoms with Crippen molar-refractivity contribution in [2.75, 3.05) is 11.9 Å². The molecule has 3 nitrogen and oxygen atoms in total. The van der Waals surface area contributed by atoms with Gasteiger partial charge in [-0.05, 0) is 26.3 Å². The third kappa shape index (κ3) is 3.24. The molecule has 0 aliphatic heterocycles. The summed E-state index contributed by atoms with van der Waals surface area (Å²) in [5, 5.41) is 0.456. The van der Waals surface area contributed by atoms with E-state index in [1.807, 2.05) is 25.8 Å². The molecule has 0 atom stereocenters. The number of hydrogen-bond acceptors (Lipinski definition) is 3. The molecule has 0 saturated heterocycles. The molecular formula is C15H18ClN3. The van der Waals surface area contributed by atoms with Crippen LogP contribution in [0.4, 0.5) is 5.82 Å². The van der Waals surface area contributed by atoms with Crippen LogP contribution in [0.1, 0.15) is 22.5 Å². The van der Waals surface area contributed by atoms with Crippen LogP contribution in [0.3, 0.4) is 0 Å². The van der Waals surface area contributed by atoms with Crippen LogP contribution >= 0.6 is 11.6 Å². The van der Waals surface area contributed by atoms with E-state index >= 15 is 0 Å². The molecule has 19 heavy (non-hydrogen) atoms. The minimum absolute atomic E-state index is 0.456. The zero-order valence-corrected chi connectivity index (χ0v) is 12.5. The SMILES string of the molecule is Cc1ccc(CN(C)c2nc(C)c(C)nc2Cl)cc1. The van der Waals surface area contributed by atoms with Crippen LogP contribution in [0.25, 0.3) is 0 Å². The van der Waals surface area contributed by atoms with Gasteiger partial charge in [-0.25, -0.2) is 9.97 Å². The monoisotopic (exact) mass is 275 g/mol. The lowest BCUT2D eigenvalue weighted by atomic mass is 10.1. The molecule has 4 heteroatoms. The number of hydrogen-bond donors (Lipinski definition) is 0. The van der Waals surface area contributed by atoms with Gasteiger partial charge in [0.1, 0.15) is 0 Å². The highest BCUT2D eigenvalue weighted by Crippen LogP contribution is 2.23. The molecule has 0 fully saturated rings. The van der Waals surface area contributed by atoms with Gasteiger partial charge in [-0.1, -0.05) is 41.4 Å². The molecule has 1 aromatic heterocycles. The van der Waals surface area contributed by atoms with Crippen molar-refractivity contribution in [2.45, 2.75) is 27.3 Å². The summed E-state index contributed by atoms with van der Waals surface area (Å²) in [7, 11) is 1.98. The zero-order valence-electron chi connectivity index (χ0n) is 11.7. The Morgan fingerprint density at radius 3 is 2.21 bits per heavy atom. The first-order chi connectivity index (χ1) is 8.97. The van der Waals surface area contributed by atoms with Gasteiger partial charge in [0.05, 0.1) is 11.4 Å². The van der Waals surface area contributed by atoms with Crippen LogP contribution in [0.2, 0.25) is 5.15 Å². The fraction of sp³-hybridized carbons (Fsp3) is 0.333. The Labute approximate surface area is 119 Å². The van der Waals surface area contributed by atoms with Gasteiger partial charge in [-0.3, -0.25) is 0 Å². The van der Waals surface area contributed by atoms with Gasteiger partial charge in [0.25, 0.3) is 0 Å². The molecule has 1 aromatic carbocycles. The second kappa shape index (κ2) is 5.57. The van der Waals surface area contributed by atoms with Crippen LogP contribution in [0.15, 0.2) is 24.3 Å². The van der Waals surface area contributed by atoms with Crippen molar-refractivity contribution in [3.63, 3.8) is 0 Å². The summed E-state index contributed by atoms with van der Waals surface area (Å²) in [5.41, 5.74) is 4.27. The average Bonchev–Trinajstić information content (AvgIpc) is 2.36. The third-order valence-electron chi connectivity index (χ3n) is 3.15. The molecule has 0 spiro atoms. The molecule has 0 aliphatic rings. The Morgan fingerprint density at radius 1 is 1.00 bits per heavy atom.